The zero-order valence-corrected chi connectivity index (χ0v) is 14.0. The van der Waals surface area contributed by atoms with Crippen LogP contribution in [0.2, 0.25) is 0 Å². The third-order valence-corrected chi connectivity index (χ3v) is 4.77. The van der Waals surface area contributed by atoms with Gasteiger partial charge in [0.25, 0.3) is 5.91 Å². The summed E-state index contributed by atoms with van der Waals surface area (Å²) < 4.78 is 2.84. The fraction of sp³-hybridized carbons (Fsp3) is 0.235. The molecule has 23 heavy (non-hydrogen) atoms. The van der Waals surface area contributed by atoms with E-state index in [1.54, 1.807) is 29.2 Å². The van der Waals surface area contributed by atoms with Crippen molar-refractivity contribution in [3.63, 3.8) is 0 Å². The summed E-state index contributed by atoms with van der Waals surface area (Å²) >= 11 is 3.51. The highest BCUT2D eigenvalue weighted by molar-refractivity contribution is 9.10. The van der Waals surface area contributed by atoms with Crippen molar-refractivity contribution in [2.75, 3.05) is 0 Å². The molecule has 4 rings (SSSR count). The lowest BCUT2D eigenvalue weighted by Crippen LogP contribution is -2.31. The minimum atomic E-state index is -0.107. The van der Waals surface area contributed by atoms with Gasteiger partial charge in [0, 0.05) is 16.9 Å². The SMILES string of the molecule is O=C(NC1CCCc2cc(Br)ccc21)c1cnc2cnccn12. The number of carbonyl (C=O) groups excluding carboxylic acids is 1. The highest BCUT2D eigenvalue weighted by atomic mass is 79.9. The molecule has 0 spiro atoms. The summed E-state index contributed by atoms with van der Waals surface area (Å²) in [5.74, 6) is -0.107. The Morgan fingerprint density at radius 3 is 3.17 bits per heavy atom. The number of aromatic nitrogens is 3. The van der Waals surface area contributed by atoms with Gasteiger partial charge in [-0.15, -0.1) is 0 Å². The van der Waals surface area contributed by atoms with Crippen LogP contribution < -0.4 is 5.32 Å². The molecule has 1 unspecified atom stereocenters. The van der Waals surface area contributed by atoms with Crippen molar-refractivity contribution in [1.82, 2.24) is 19.7 Å². The van der Waals surface area contributed by atoms with Crippen LogP contribution in [-0.4, -0.2) is 20.3 Å². The van der Waals surface area contributed by atoms with Gasteiger partial charge in [-0.05, 0) is 42.5 Å². The Morgan fingerprint density at radius 1 is 1.35 bits per heavy atom. The number of hydrogen-bond acceptors (Lipinski definition) is 3. The summed E-state index contributed by atoms with van der Waals surface area (Å²) in [4.78, 5) is 20.9. The number of fused-ring (bicyclic) bond motifs is 2. The maximum absolute atomic E-state index is 12.7. The van der Waals surface area contributed by atoms with Crippen molar-refractivity contribution in [3.05, 3.63) is 64.3 Å². The van der Waals surface area contributed by atoms with Gasteiger partial charge < -0.3 is 5.32 Å². The number of nitrogens with zero attached hydrogens (tertiary/aromatic N) is 3. The first kappa shape index (κ1) is 14.4. The van der Waals surface area contributed by atoms with Crippen molar-refractivity contribution in [1.29, 1.82) is 0 Å². The number of carbonyl (C=O) groups is 1. The highest BCUT2D eigenvalue weighted by Gasteiger charge is 2.23. The van der Waals surface area contributed by atoms with E-state index in [4.69, 9.17) is 0 Å². The number of aryl methyl sites for hydroxylation is 1. The van der Waals surface area contributed by atoms with E-state index in [2.05, 4.69) is 43.3 Å². The van der Waals surface area contributed by atoms with Crippen LogP contribution in [0.3, 0.4) is 0 Å². The Hall–Kier alpha value is -2.21. The van der Waals surface area contributed by atoms with Crippen molar-refractivity contribution >= 4 is 27.5 Å². The van der Waals surface area contributed by atoms with E-state index in [9.17, 15) is 4.79 Å². The fourth-order valence-electron chi connectivity index (χ4n) is 3.18. The van der Waals surface area contributed by atoms with Crippen molar-refractivity contribution < 1.29 is 4.79 Å². The lowest BCUT2D eigenvalue weighted by atomic mass is 9.87. The number of amides is 1. The maximum Gasteiger partial charge on any atom is 0.270 e. The topological polar surface area (TPSA) is 59.3 Å². The largest absolute Gasteiger partial charge is 0.344 e. The van der Waals surface area contributed by atoms with E-state index in [1.807, 2.05) is 6.07 Å². The first-order valence-electron chi connectivity index (χ1n) is 7.58. The second kappa shape index (κ2) is 5.77. The molecule has 2 heterocycles. The van der Waals surface area contributed by atoms with E-state index in [1.165, 1.54) is 11.1 Å². The molecule has 0 aliphatic heterocycles. The molecular formula is C17H15BrN4O. The van der Waals surface area contributed by atoms with E-state index >= 15 is 0 Å². The molecule has 1 atom stereocenters. The van der Waals surface area contributed by atoms with Gasteiger partial charge in [-0.25, -0.2) is 4.98 Å². The summed E-state index contributed by atoms with van der Waals surface area (Å²) in [5, 5.41) is 3.15. The minimum absolute atomic E-state index is 0.0479. The summed E-state index contributed by atoms with van der Waals surface area (Å²) in [6, 6.07) is 6.32. The smallest absolute Gasteiger partial charge is 0.270 e. The number of hydrogen-bond donors (Lipinski definition) is 1. The van der Waals surface area contributed by atoms with Crippen molar-refractivity contribution in [3.8, 4) is 0 Å². The number of benzene rings is 1. The zero-order chi connectivity index (χ0) is 15.8. The van der Waals surface area contributed by atoms with E-state index < -0.39 is 0 Å². The Bertz CT molecular complexity index is 889. The van der Waals surface area contributed by atoms with Crippen LogP contribution in [0.25, 0.3) is 5.65 Å². The van der Waals surface area contributed by atoms with Crippen LogP contribution in [0.1, 0.15) is 40.5 Å². The van der Waals surface area contributed by atoms with Gasteiger partial charge in [-0.2, -0.15) is 0 Å². The molecule has 1 aliphatic carbocycles. The molecule has 6 heteroatoms. The second-order valence-corrected chi connectivity index (χ2v) is 6.63. The minimum Gasteiger partial charge on any atom is -0.344 e. The fourth-order valence-corrected chi connectivity index (χ4v) is 3.58. The molecule has 1 aliphatic rings. The lowest BCUT2D eigenvalue weighted by Gasteiger charge is -2.26. The molecule has 0 saturated heterocycles. The Kier molecular flexibility index (Phi) is 3.61. The summed E-state index contributed by atoms with van der Waals surface area (Å²) in [7, 11) is 0. The summed E-state index contributed by atoms with van der Waals surface area (Å²) in [6.45, 7) is 0. The molecule has 116 valence electrons. The van der Waals surface area contributed by atoms with E-state index in [-0.39, 0.29) is 11.9 Å². The first-order chi connectivity index (χ1) is 11.2. The van der Waals surface area contributed by atoms with Crippen LogP contribution >= 0.6 is 15.9 Å². The molecular weight excluding hydrogens is 356 g/mol. The second-order valence-electron chi connectivity index (χ2n) is 5.71. The van der Waals surface area contributed by atoms with Crippen LogP contribution in [0, 0.1) is 0 Å². The maximum atomic E-state index is 12.7. The Balaban J connectivity index is 1.63. The highest BCUT2D eigenvalue weighted by Crippen LogP contribution is 2.31. The number of rotatable bonds is 2. The van der Waals surface area contributed by atoms with Crippen LogP contribution in [0.15, 0.2) is 47.5 Å². The van der Waals surface area contributed by atoms with Gasteiger partial charge in [0.2, 0.25) is 0 Å². The molecule has 0 bridgehead atoms. The predicted molar refractivity (Wildman–Crippen MR) is 90.3 cm³/mol. The number of halogens is 1. The Morgan fingerprint density at radius 2 is 2.26 bits per heavy atom. The van der Waals surface area contributed by atoms with Crippen LogP contribution in [-0.2, 0) is 6.42 Å². The normalized spacial score (nSPS) is 17.0. The number of imidazole rings is 1. The van der Waals surface area contributed by atoms with Gasteiger partial charge >= 0.3 is 0 Å². The molecule has 2 aromatic heterocycles. The standard InChI is InChI=1S/C17H15BrN4O/c18-12-4-5-13-11(8-12)2-1-3-14(13)21-17(23)15-9-20-16-10-19-6-7-22(15)16/h4-10,14H,1-3H2,(H,21,23). The monoisotopic (exact) mass is 370 g/mol. The van der Waals surface area contributed by atoms with Crippen LogP contribution in [0.5, 0.6) is 0 Å². The van der Waals surface area contributed by atoms with E-state index in [0.29, 0.717) is 11.3 Å². The average molecular weight is 371 g/mol. The molecule has 1 N–H and O–H groups in total. The molecule has 1 amide bonds. The van der Waals surface area contributed by atoms with Gasteiger partial charge in [0.05, 0.1) is 18.4 Å². The van der Waals surface area contributed by atoms with E-state index in [0.717, 1.165) is 23.7 Å². The quantitative estimate of drug-likeness (QED) is 0.752. The average Bonchev–Trinajstić information content (AvgIpc) is 2.99. The third kappa shape index (κ3) is 2.63. The van der Waals surface area contributed by atoms with Crippen LogP contribution in [0.4, 0.5) is 0 Å². The van der Waals surface area contributed by atoms with Crippen molar-refractivity contribution in [2.24, 2.45) is 0 Å². The summed E-state index contributed by atoms with van der Waals surface area (Å²) in [5.41, 5.74) is 3.72. The molecule has 0 radical (unpaired) electrons. The summed E-state index contributed by atoms with van der Waals surface area (Å²) in [6.07, 6.45) is 9.73. The Labute approximate surface area is 141 Å². The third-order valence-electron chi connectivity index (χ3n) is 4.27. The molecule has 1 aromatic carbocycles. The van der Waals surface area contributed by atoms with Crippen molar-refractivity contribution in [2.45, 2.75) is 25.3 Å². The molecule has 0 saturated carbocycles. The van der Waals surface area contributed by atoms with Gasteiger partial charge in [0.15, 0.2) is 5.65 Å². The predicted octanol–water partition coefficient (Wildman–Crippen LogP) is 3.30. The van der Waals surface area contributed by atoms with Gasteiger partial charge in [-0.3, -0.25) is 14.2 Å². The first-order valence-corrected chi connectivity index (χ1v) is 8.38. The zero-order valence-electron chi connectivity index (χ0n) is 12.4. The molecule has 5 nitrogen and oxygen atoms in total. The molecule has 0 fully saturated rings. The van der Waals surface area contributed by atoms with Gasteiger partial charge in [0.1, 0.15) is 5.69 Å². The lowest BCUT2D eigenvalue weighted by molar-refractivity contribution is 0.0927. The number of nitrogens with one attached hydrogen (secondary N) is 1. The molecule has 3 aromatic rings. The van der Waals surface area contributed by atoms with Gasteiger partial charge in [-0.1, -0.05) is 22.0 Å².